The molecule has 0 saturated heterocycles. The van der Waals surface area contributed by atoms with Crippen molar-refractivity contribution in [2.24, 2.45) is 0 Å². The summed E-state index contributed by atoms with van der Waals surface area (Å²) in [6, 6.07) is 14.2. The van der Waals surface area contributed by atoms with Crippen LogP contribution >= 0.6 is 11.6 Å². The van der Waals surface area contributed by atoms with E-state index in [1.54, 1.807) is 24.3 Å². The summed E-state index contributed by atoms with van der Waals surface area (Å²) in [5.74, 6) is -0.813. The molecule has 5 nitrogen and oxygen atoms in total. The standard InChI is InChI=1S/C22H17ClF3N3O2/c1-14(30)29(18-7-4-6-16(12-18)22(24,25)26)20-13-17(9-10-27-20)28-21(31)11-15-5-2-3-8-19(15)23/h2-10,12-13H,11H2,1H3,(H,27,28,31). The molecule has 0 unspecified atom stereocenters. The van der Waals surface area contributed by atoms with Crippen LogP contribution in [-0.2, 0) is 22.2 Å². The highest BCUT2D eigenvalue weighted by Gasteiger charge is 2.31. The lowest BCUT2D eigenvalue weighted by molar-refractivity contribution is -0.137. The molecule has 160 valence electrons. The van der Waals surface area contributed by atoms with Crippen LogP contribution in [0.1, 0.15) is 18.1 Å². The van der Waals surface area contributed by atoms with Crippen molar-refractivity contribution in [1.29, 1.82) is 0 Å². The molecule has 0 bridgehead atoms. The number of halogens is 4. The average Bonchev–Trinajstić information content (AvgIpc) is 2.69. The van der Waals surface area contributed by atoms with Gasteiger partial charge in [0.05, 0.1) is 17.7 Å². The van der Waals surface area contributed by atoms with Gasteiger partial charge in [-0.05, 0) is 35.9 Å². The number of hydrogen-bond donors (Lipinski definition) is 1. The Kier molecular flexibility index (Phi) is 6.60. The first-order valence-corrected chi connectivity index (χ1v) is 9.50. The van der Waals surface area contributed by atoms with Crippen LogP contribution in [0.4, 0.5) is 30.4 Å². The van der Waals surface area contributed by atoms with E-state index in [9.17, 15) is 22.8 Å². The lowest BCUT2D eigenvalue weighted by atomic mass is 10.1. The largest absolute Gasteiger partial charge is 0.416 e. The zero-order chi connectivity index (χ0) is 22.6. The molecule has 1 N–H and O–H groups in total. The van der Waals surface area contributed by atoms with Crippen LogP contribution in [0.3, 0.4) is 0 Å². The number of hydrogen-bond acceptors (Lipinski definition) is 3. The Balaban J connectivity index is 1.85. The van der Waals surface area contributed by atoms with Crippen LogP contribution < -0.4 is 10.2 Å². The van der Waals surface area contributed by atoms with E-state index in [2.05, 4.69) is 10.3 Å². The van der Waals surface area contributed by atoms with Crippen LogP contribution in [0.25, 0.3) is 0 Å². The molecule has 3 rings (SSSR count). The van der Waals surface area contributed by atoms with Gasteiger partial charge in [0.1, 0.15) is 5.82 Å². The summed E-state index contributed by atoms with van der Waals surface area (Å²) in [5.41, 5.74) is 0.0976. The number of anilines is 3. The van der Waals surface area contributed by atoms with Crippen molar-refractivity contribution in [3.8, 4) is 0 Å². The Morgan fingerprint density at radius 1 is 1.06 bits per heavy atom. The summed E-state index contributed by atoms with van der Waals surface area (Å²) in [6.45, 7) is 1.21. The zero-order valence-corrected chi connectivity index (χ0v) is 17.0. The second kappa shape index (κ2) is 9.18. The van der Waals surface area contributed by atoms with Crippen molar-refractivity contribution >= 4 is 40.6 Å². The average molecular weight is 448 g/mol. The molecular weight excluding hydrogens is 431 g/mol. The summed E-state index contributed by atoms with van der Waals surface area (Å²) in [6.07, 6.45) is -3.17. The Morgan fingerprint density at radius 2 is 1.81 bits per heavy atom. The fourth-order valence-electron chi connectivity index (χ4n) is 2.94. The van der Waals surface area contributed by atoms with E-state index in [1.165, 1.54) is 37.4 Å². The van der Waals surface area contributed by atoms with Gasteiger partial charge in [-0.2, -0.15) is 13.2 Å². The third kappa shape index (κ3) is 5.61. The van der Waals surface area contributed by atoms with Gasteiger partial charge in [-0.3, -0.25) is 14.5 Å². The lowest BCUT2D eigenvalue weighted by Gasteiger charge is -2.22. The summed E-state index contributed by atoms with van der Waals surface area (Å²) in [7, 11) is 0. The first kappa shape index (κ1) is 22.3. The number of carbonyl (C=O) groups excluding carboxylic acids is 2. The first-order chi connectivity index (χ1) is 14.6. The lowest BCUT2D eigenvalue weighted by Crippen LogP contribution is -2.24. The van der Waals surface area contributed by atoms with Crippen LogP contribution in [0, 0.1) is 0 Å². The summed E-state index contributed by atoms with van der Waals surface area (Å²) < 4.78 is 39.2. The van der Waals surface area contributed by atoms with Crippen LogP contribution in [0.15, 0.2) is 66.9 Å². The van der Waals surface area contributed by atoms with E-state index in [0.29, 0.717) is 16.3 Å². The molecule has 2 amide bonds. The van der Waals surface area contributed by atoms with Gasteiger partial charge in [-0.15, -0.1) is 0 Å². The number of alkyl halides is 3. The molecule has 0 saturated carbocycles. The maximum atomic E-state index is 13.1. The number of pyridine rings is 1. The molecule has 31 heavy (non-hydrogen) atoms. The topological polar surface area (TPSA) is 62.3 Å². The quantitative estimate of drug-likeness (QED) is 0.552. The van der Waals surface area contributed by atoms with E-state index in [4.69, 9.17) is 11.6 Å². The second-order valence-corrected chi connectivity index (χ2v) is 7.03. The zero-order valence-electron chi connectivity index (χ0n) is 16.3. The molecule has 0 atom stereocenters. The van der Waals surface area contributed by atoms with Gasteiger partial charge in [0, 0.05) is 29.9 Å². The number of rotatable bonds is 5. The first-order valence-electron chi connectivity index (χ1n) is 9.12. The van der Waals surface area contributed by atoms with Crippen LogP contribution in [0.5, 0.6) is 0 Å². The third-order valence-corrected chi connectivity index (χ3v) is 4.68. The van der Waals surface area contributed by atoms with E-state index in [-0.39, 0.29) is 23.8 Å². The van der Waals surface area contributed by atoms with Crippen molar-refractivity contribution in [2.75, 3.05) is 10.2 Å². The Hall–Kier alpha value is -3.39. The maximum Gasteiger partial charge on any atom is 0.416 e. The van der Waals surface area contributed by atoms with E-state index < -0.39 is 17.6 Å². The maximum absolute atomic E-state index is 13.1. The molecule has 2 aromatic carbocycles. The summed E-state index contributed by atoms with van der Waals surface area (Å²) in [5, 5.41) is 3.14. The van der Waals surface area contributed by atoms with Gasteiger partial charge in [-0.25, -0.2) is 4.98 Å². The van der Waals surface area contributed by atoms with Gasteiger partial charge < -0.3 is 5.32 Å². The smallest absolute Gasteiger partial charge is 0.326 e. The minimum Gasteiger partial charge on any atom is -0.326 e. The predicted molar refractivity (Wildman–Crippen MR) is 112 cm³/mol. The number of nitrogens with zero attached hydrogens (tertiary/aromatic N) is 2. The van der Waals surface area contributed by atoms with Crippen molar-refractivity contribution in [1.82, 2.24) is 4.98 Å². The third-order valence-electron chi connectivity index (χ3n) is 4.31. The van der Waals surface area contributed by atoms with Gasteiger partial charge in [0.25, 0.3) is 0 Å². The molecule has 0 aliphatic heterocycles. The number of amides is 2. The molecule has 0 aliphatic rings. The molecule has 0 spiro atoms. The molecule has 0 radical (unpaired) electrons. The minimum atomic E-state index is -4.56. The fourth-order valence-corrected chi connectivity index (χ4v) is 3.14. The number of benzene rings is 2. The fraction of sp³-hybridized carbons (Fsp3) is 0.136. The van der Waals surface area contributed by atoms with Crippen molar-refractivity contribution in [2.45, 2.75) is 19.5 Å². The van der Waals surface area contributed by atoms with E-state index in [1.807, 2.05) is 0 Å². The second-order valence-electron chi connectivity index (χ2n) is 6.62. The molecule has 1 aromatic heterocycles. The molecule has 0 fully saturated rings. The SMILES string of the molecule is CC(=O)N(c1cccc(C(F)(F)F)c1)c1cc(NC(=O)Cc2ccccc2Cl)ccn1. The van der Waals surface area contributed by atoms with Crippen molar-refractivity contribution in [3.05, 3.63) is 83.0 Å². The highest BCUT2D eigenvalue weighted by atomic mass is 35.5. The Labute approximate surface area is 181 Å². The Bertz CT molecular complexity index is 1120. The summed E-state index contributed by atoms with van der Waals surface area (Å²) >= 11 is 6.07. The highest BCUT2D eigenvalue weighted by Crippen LogP contribution is 2.34. The highest BCUT2D eigenvalue weighted by molar-refractivity contribution is 6.31. The molecular formula is C22H17ClF3N3O2. The monoisotopic (exact) mass is 447 g/mol. The number of nitrogens with one attached hydrogen (secondary N) is 1. The van der Waals surface area contributed by atoms with Gasteiger partial charge >= 0.3 is 6.18 Å². The van der Waals surface area contributed by atoms with Gasteiger partial charge in [0.2, 0.25) is 11.8 Å². The molecule has 3 aromatic rings. The Morgan fingerprint density at radius 3 is 2.48 bits per heavy atom. The van der Waals surface area contributed by atoms with Gasteiger partial charge in [0.15, 0.2) is 0 Å². The molecule has 9 heteroatoms. The predicted octanol–water partition coefficient (Wildman–Crippen LogP) is 5.62. The normalized spacial score (nSPS) is 11.1. The minimum absolute atomic E-state index is 0.00867. The van der Waals surface area contributed by atoms with E-state index >= 15 is 0 Å². The van der Waals surface area contributed by atoms with Crippen molar-refractivity contribution < 1.29 is 22.8 Å². The molecule has 0 aliphatic carbocycles. The van der Waals surface area contributed by atoms with Gasteiger partial charge in [-0.1, -0.05) is 35.9 Å². The number of aromatic nitrogens is 1. The summed E-state index contributed by atoms with van der Waals surface area (Å²) in [4.78, 5) is 29.7. The number of carbonyl (C=O) groups is 2. The molecule has 1 heterocycles. The van der Waals surface area contributed by atoms with Crippen LogP contribution in [-0.4, -0.2) is 16.8 Å². The van der Waals surface area contributed by atoms with Crippen molar-refractivity contribution in [3.63, 3.8) is 0 Å². The van der Waals surface area contributed by atoms with Crippen LogP contribution in [0.2, 0.25) is 5.02 Å². The van der Waals surface area contributed by atoms with E-state index in [0.717, 1.165) is 17.0 Å².